The highest BCUT2D eigenvalue weighted by Gasteiger charge is 2.67. The van der Waals surface area contributed by atoms with E-state index in [4.69, 9.17) is 9.47 Å². The molecule has 0 amide bonds. The van der Waals surface area contributed by atoms with E-state index in [-0.39, 0.29) is 35.8 Å². The van der Waals surface area contributed by atoms with Crippen LogP contribution in [0.1, 0.15) is 46.0 Å². The zero-order valence-electron chi connectivity index (χ0n) is 11.2. The number of hydrogen-bond acceptors (Lipinski definition) is 4. The fraction of sp³-hybridized carbons (Fsp3) is 0.857. The normalized spacial score (nSPS) is 33.3. The van der Waals surface area contributed by atoms with Crippen LogP contribution in [0, 0.1) is 11.8 Å². The summed E-state index contributed by atoms with van der Waals surface area (Å²) >= 11 is 0. The lowest BCUT2D eigenvalue weighted by Gasteiger charge is -2.13. The standard InChI is InChI=1S/C14H22O4/c1-3-5-6-7-8-9-12(15)10-11(13(10)18-9)14(16)17-4-2/h9-11,13H,3-8H2,1-2H3/t9-,10-,11+,13+/m1/s1. The van der Waals surface area contributed by atoms with Crippen molar-refractivity contribution >= 4 is 11.8 Å². The Hall–Kier alpha value is -0.900. The van der Waals surface area contributed by atoms with Gasteiger partial charge in [0.05, 0.1) is 24.5 Å². The van der Waals surface area contributed by atoms with Crippen LogP contribution in [0.5, 0.6) is 0 Å². The van der Waals surface area contributed by atoms with Crippen molar-refractivity contribution in [1.29, 1.82) is 0 Å². The van der Waals surface area contributed by atoms with Gasteiger partial charge in [-0.25, -0.2) is 0 Å². The molecule has 1 aliphatic heterocycles. The van der Waals surface area contributed by atoms with Gasteiger partial charge in [0.15, 0.2) is 5.78 Å². The Balaban J connectivity index is 1.73. The average Bonchev–Trinajstić information content (AvgIpc) is 2.98. The number of ketones is 1. The number of fused-ring (bicyclic) bond motifs is 1. The highest BCUT2D eigenvalue weighted by Crippen LogP contribution is 2.50. The number of carbonyl (C=O) groups excluding carboxylic acids is 2. The van der Waals surface area contributed by atoms with Crippen molar-refractivity contribution in [3.63, 3.8) is 0 Å². The van der Waals surface area contributed by atoms with Gasteiger partial charge in [-0.05, 0) is 13.3 Å². The van der Waals surface area contributed by atoms with Crippen molar-refractivity contribution in [2.45, 2.75) is 58.2 Å². The fourth-order valence-corrected chi connectivity index (χ4v) is 2.75. The van der Waals surface area contributed by atoms with Crippen LogP contribution >= 0.6 is 0 Å². The summed E-state index contributed by atoms with van der Waals surface area (Å²) in [7, 11) is 0. The minimum atomic E-state index is -0.315. The minimum Gasteiger partial charge on any atom is -0.466 e. The van der Waals surface area contributed by atoms with Gasteiger partial charge in [0.25, 0.3) is 0 Å². The Morgan fingerprint density at radius 3 is 2.61 bits per heavy atom. The van der Waals surface area contributed by atoms with E-state index in [9.17, 15) is 9.59 Å². The summed E-state index contributed by atoms with van der Waals surface area (Å²) in [6.45, 7) is 4.30. The maximum Gasteiger partial charge on any atom is 0.312 e. The van der Waals surface area contributed by atoms with Crippen molar-refractivity contribution < 1.29 is 19.1 Å². The maximum absolute atomic E-state index is 12.0. The molecule has 0 spiro atoms. The van der Waals surface area contributed by atoms with Crippen LogP contribution in [0.3, 0.4) is 0 Å². The Labute approximate surface area is 108 Å². The van der Waals surface area contributed by atoms with Gasteiger partial charge in [-0.15, -0.1) is 0 Å². The smallest absolute Gasteiger partial charge is 0.312 e. The van der Waals surface area contributed by atoms with Crippen LogP contribution in [0.15, 0.2) is 0 Å². The van der Waals surface area contributed by atoms with E-state index in [1.165, 1.54) is 12.8 Å². The molecule has 102 valence electrons. The number of esters is 1. The van der Waals surface area contributed by atoms with E-state index >= 15 is 0 Å². The minimum absolute atomic E-state index is 0.120. The molecule has 4 nitrogen and oxygen atoms in total. The van der Waals surface area contributed by atoms with Crippen LogP contribution in [-0.2, 0) is 19.1 Å². The van der Waals surface area contributed by atoms with Crippen LogP contribution in [0.2, 0.25) is 0 Å². The predicted molar refractivity (Wildman–Crippen MR) is 66.0 cm³/mol. The molecule has 1 heterocycles. The molecule has 1 aliphatic carbocycles. The lowest BCUT2D eigenvalue weighted by atomic mass is 10.0. The largest absolute Gasteiger partial charge is 0.466 e. The van der Waals surface area contributed by atoms with Crippen LogP contribution in [-0.4, -0.2) is 30.6 Å². The fourth-order valence-electron chi connectivity index (χ4n) is 2.75. The number of hydrogen-bond donors (Lipinski definition) is 0. The summed E-state index contributed by atoms with van der Waals surface area (Å²) in [5, 5.41) is 0. The number of carbonyl (C=O) groups is 2. The number of Topliss-reactive ketones (excluding diaryl/α,β-unsaturated/α-hetero) is 1. The summed E-state index contributed by atoms with van der Waals surface area (Å²) in [4.78, 5) is 23.5. The van der Waals surface area contributed by atoms with E-state index in [1.54, 1.807) is 6.92 Å². The van der Waals surface area contributed by atoms with Crippen LogP contribution in [0.4, 0.5) is 0 Å². The summed E-state index contributed by atoms with van der Waals surface area (Å²) in [5.74, 6) is -0.676. The number of ether oxygens (including phenoxy) is 2. The molecule has 1 saturated carbocycles. The third-order valence-corrected chi connectivity index (χ3v) is 3.80. The molecule has 0 aromatic heterocycles. The molecule has 0 aromatic carbocycles. The van der Waals surface area contributed by atoms with Gasteiger partial charge < -0.3 is 9.47 Å². The van der Waals surface area contributed by atoms with Crippen molar-refractivity contribution in [2.24, 2.45) is 11.8 Å². The molecular formula is C14H22O4. The summed E-state index contributed by atoms with van der Waals surface area (Å²) in [6.07, 6.45) is 4.94. The maximum atomic E-state index is 12.0. The Bertz CT molecular complexity index is 326. The number of unbranched alkanes of at least 4 members (excludes halogenated alkanes) is 3. The first kappa shape index (κ1) is 13.5. The molecule has 2 rings (SSSR count). The van der Waals surface area contributed by atoms with Crippen molar-refractivity contribution in [3.8, 4) is 0 Å². The van der Waals surface area contributed by atoms with Gasteiger partial charge in [-0.1, -0.05) is 32.6 Å². The van der Waals surface area contributed by atoms with Crippen molar-refractivity contribution in [3.05, 3.63) is 0 Å². The van der Waals surface area contributed by atoms with Gasteiger partial charge in [0.1, 0.15) is 6.10 Å². The van der Waals surface area contributed by atoms with Gasteiger partial charge in [0, 0.05) is 0 Å². The molecule has 4 atom stereocenters. The molecule has 1 saturated heterocycles. The molecule has 0 N–H and O–H groups in total. The quantitative estimate of drug-likeness (QED) is 0.515. The van der Waals surface area contributed by atoms with Crippen molar-refractivity contribution in [2.75, 3.05) is 6.61 Å². The first-order valence-corrected chi connectivity index (χ1v) is 7.06. The van der Waals surface area contributed by atoms with Gasteiger partial charge >= 0.3 is 5.97 Å². The Morgan fingerprint density at radius 2 is 2.06 bits per heavy atom. The Morgan fingerprint density at radius 1 is 1.28 bits per heavy atom. The molecule has 0 aromatic rings. The first-order valence-electron chi connectivity index (χ1n) is 7.06. The van der Waals surface area contributed by atoms with Crippen molar-refractivity contribution in [1.82, 2.24) is 0 Å². The third kappa shape index (κ3) is 2.58. The summed E-state index contributed by atoms with van der Waals surface area (Å²) in [5.41, 5.74) is 0. The lowest BCUT2D eigenvalue weighted by Crippen LogP contribution is -2.25. The van der Waals surface area contributed by atoms with E-state index in [0.717, 1.165) is 19.3 Å². The van der Waals surface area contributed by atoms with Crippen LogP contribution < -0.4 is 0 Å². The molecule has 0 radical (unpaired) electrons. The summed E-state index contributed by atoms with van der Waals surface area (Å²) < 4.78 is 10.6. The molecule has 2 aliphatic rings. The van der Waals surface area contributed by atoms with E-state index in [0.29, 0.717) is 6.61 Å². The molecule has 4 heteroatoms. The molecular weight excluding hydrogens is 232 g/mol. The molecule has 0 unspecified atom stereocenters. The highest BCUT2D eigenvalue weighted by atomic mass is 16.5. The monoisotopic (exact) mass is 254 g/mol. The van der Waals surface area contributed by atoms with E-state index in [2.05, 4.69) is 6.92 Å². The average molecular weight is 254 g/mol. The van der Waals surface area contributed by atoms with Gasteiger partial charge in [-0.2, -0.15) is 0 Å². The first-order chi connectivity index (χ1) is 8.70. The topological polar surface area (TPSA) is 52.6 Å². The Kier molecular flexibility index (Phi) is 4.38. The zero-order valence-corrected chi connectivity index (χ0v) is 11.2. The summed E-state index contributed by atoms with van der Waals surface area (Å²) in [6, 6.07) is 0. The SMILES string of the molecule is CCCCCC[C@H]1O[C@@H]2[C@@H](C(=O)OCC)[C@@H]2C1=O. The van der Waals surface area contributed by atoms with E-state index < -0.39 is 0 Å². The second-order valence-corrected chi connectivity index (χ2v) is 5.14. The zero-order chi connectivity index (χ0) is 13.1. The second kappa shape index (κ2) is 5.83. The number of rotatable bonds is 7. The van der Waals surface area contributed by atoms with Gasteiger partial charge in [-0.3, -0.25) is 9.59 Å². The van der Waals surface area contributed by atoms with E-state index in [1.807, 2.05) is 0 Å². The highest BCUT2D eigenvalue weighted by molar-refractivity contribution is 5.97. The van der Waals surface area contributed by atoms with Crippen LogP contribution in [0.25, 0.3) is 0 Å². The molecule has 18 heavy (non-hydrogen) atoms. The second-order valence-electron chi connectivity index (χ2n) is 5.14. The molecule has 2 fully saturated rings. The van der Waals surface area contributed by atoms with Gasteiger partial charge in [0.2, 0.25) is 0 Å². The lowest BCUT2D eigenvalue weighted by molar-refractivity contribution is -0.149. The predicted octanol–water partition coefficient (Wildman–Crippen LogP) is 2.10. The third-order valence-electron chi connectivity index (χ3n) is 3.80. The molecule has 0 bridgehead atoms.